The van der Waals surface area contributed by atoms with Crippen LogP contribution in [0.15, 0.2) is 24.3 Å². The van der Waals surface area contributed by atoms with Gasteiger partial charge in [-0.25, -0.2) is 4.39 Å². The Balaban J connectivity index is 2.73. The number of benzene rings is 1. The number of nitrogens with two attached hydrogens (primary N) is 1. The third-order valence-electron chi connectivity index (χ3n) is 3.34. The van der Waals surface area contributed by atoms with E-state index in [1.807, 2.05) is 13.8 Å². The molecule has 0 spiro atoms. The van der Waals surface area contributed by atoms with Crippen LogP contribution in [0.5, 0.6) is 0 Å². The molecule has 0 saturated carbocycles. The van der Waals surface area contributed by atoms with E-state index in [1.165, 1.54) is 12.1 Å². The lowest BCUT2D eigenvalue weighted by molar-refractivity contribution is -0.121. The molecule has 5 heteroatoms. The summed E-state index contributed by atoms with van der Waals surface area (Å²) in [6.07, 6.45) is 1.48. The molecule has 0 fully saturated rings. The Morgan fingerprint density at radius 2 is 1.84 bits per heavy atom. The smallest absolute Gasteiger partial charge is 0.225 e. The first-order valence-electron chi connectivity index (χ1n) is 6.29. The van der Waals surface area contributed by atoms with E-state index in [2.05, 4.69) is 5.32 Å². The first-order chi connectivity index (χ1) is 8.93. The molecule has 104 valence electrons. The van der Waals surface area contributed by atoms with Crippen molar-refractivity contribution < 1.29 is 9.18 Å². The molecule has 0 aliphatic rings. The van der Waals surface area contributed by atoms with Crippen molar-refractivity contribution in [3.8, 4) is 0 Å². The average molecular weight is 282 g/mol. The van der Waals surface area contributed by atoms with Crippen LogP contribution in [0, 0.1) is 5.82 Å². The number of nitrogens with one attached hydrogen (secondary N) is 1. The Hall–Kier alpha value is -1.49. The molecule has 0 unspecified atom stereocenters. The number of rotatable bonds is 6. The Bertz CT molecular complexity index is 455. The first-order valence-corrected chi connectivity index (χ1v) is 6.69. The van der Waals surface area contributed by atoms with Crippen LogP contribution in [0.25, 0.3) is 0 Å². The van der Waals surface area contributed by atoms with Gasteiger partial charge in [-0.3, -0.25) is 4.79 Å². The number of hydrogen-bond donors (Lipinski definition) is 2. The summed E-state index contributed by atoms with van der Waals surface area (Å²) in [5.74, 6) is -0.480. The Kier molecular flexibility index (Phi) is 5.42. The summed E-state index contributed by atoms with van der Waals surface area (Å²) in [5, 5.41) is 2.89. The number of hydrogen-bond acceptors (Lipinski definition) is 2. The summed E-state index contributed by atoms with van der Waals surface area (Å²) in [6, 6.07) is 5.86. The largest absolute Gasteiger partial charge is 0.391 e. The van der Waals surface area contributed by atoms with E-state index in [0.717, 1.165) is 5.56 Å². The highest BCUT2D eigenvalue weighted by molar-refractivity contribution is 7.80. The minimum atomic E-state index is -0.632. The van der Waals surface area contributed by atoms with E-state index in [0.29, 0.717) is 17.8 Å². The standard InChI is InChI=1S/C14H19FN2OS/c1-3-14(4-2,13(16)19)17-12(18)9-10-5-7-11(15)8-6-10/h5-8H,3-4,9H2,1-2H3,(H2,16,19)(H,17,18). The second-order valence-corrected chi connectivity index (χ2v) is 4.94. The van der Waals surface area contributed by atoms with Crippen LogP contribution in [-0.2, 0) is 11.2 Å². The van der Waals surface area contributed by atoms with Gasteiger partial charge in [-0.2, -0.15) is 0 Å². The van der Waals surface area contributed by atoms with Crippen molar-refractivity contribution in [3.05, 3.63) is 35.6 Å². The molecular formula is C14H19FN2OS. The van der Waals surface area contributed by atoms with Gasteiger partial charge in [0.1, 0.15) is 5.82 Å². The molecule has 0 atom stereocenters. The highest BCUT2D eigenvalue weighted by atomic mass is 32.1. The van der Waals surface area contributed by atoms with Crippen LogP contribution in [0.3, 0.4) is 0 Å². The molecule has 1 aromatic carbocycles. The zero-order valence-corrected chi connectivity index (χ0v) is 12.0. The minimum Gasteiger partial charge on any atom is -0.391 e. The van der Waals surface area contributed by atoms with Gasteiger partial charge in [-0.05, 0) is 30.5 Å². The minimum absolute atomic E-state index is 0.164. The summed E-state index contributed by atoms with van der Waals surface area (Å²) in [7, 11) is 0. The van der Waals surface area contributed by atoms with Crippen molar-refractivity contribution in [1.29, 1.82) is 0 Å². The molecule has 19 heavy (non-hydrogen) atoms. The Morgan fingerprint density at radius 1 is 1.32 bits per heavy atom. The molecule has 0 saturated heterocycles. The molecule has 0 bridgehead atoms. The molecule has 0 aliphatic heterocycles. The van der Waals surface area contributed by atoms with Crippen molar-refractivity contribution in [2.75, 3.05) is 0 Å². The monoisotopic (exact) mass is 282 g/mol. The van der Waals surface area contributed by atoms with Crippen molar-refractivity contribution >= 4 is 23.1 Å². The SMILES string of the molecule is CCC(CC)(NC(=O)Cc1ccc(F)cc1)C(N)=S. The third kappa shape index (κ3) is 3.99. The molecule has 1 rings (SSSR count). The van der Waals surface area contributed by atoms with Gasteiger partial charge in [0.05, 0.1) is 16.9 Å². The Morgan fingerprint density at radius 3 is 2.26 bits per heavy atom. The fourth-order valence-electron chi connectivity index (χ4n) is 1.94. The average Bonchev–Trinajstić information content (AvgIpc) is 2.38. The van der Waals surface area contributed by atoms with Gasteiger partial charge < -0.3 is 11.1 Å². The van der Waals surface area contributed by atoms with Gasteiger partial charge in [0.2, 0.25) is 5.91 Å². The number of carbonyl (C=O) groups is 1. The quantitative estimate of drug-likeness (QED) is 0.787. The lowest BCUT2D eigenvalue weighted by Gasteiger charge is -2.31. The second kappa shape index (κ2) is 6.61. The topological polar surface area (TPSA) is 55.1 Å². The van der Waals surface area contributed by atoms with Crippen molar-refractivity contribution in [3.63, 3.8) is 0 Å². The van der Waals surface area contributed by atoms with Gasteiger partial charge in [0.15, 0.2) is 0 Å². The normalized spacial score (nSPS) is 11.1. The van der Waals surface area contributed by atoms with Crippen molar-refractivity contribution in [2.45, 2.75) is 38.6 Å². The molecule has 1 amide bonds. The van der Waals surface area contributed by atoms with E-state index in [-0.39, 0.29) is 18.1 Å². The van der Waals surface area contributed by atoms with Crippen LogP contribution >= 0.6 is 12.2 Å². The van der Waals surface area contributed by atoms with Crippen LogP contribution in [0.2, 0.25) is 0 Å². The van der Waals surface area contributed by atoms with E-state index in [4.69, 9.17) is 18.0 Å². The summed E-state index contributed by atoms with van der Waals surface area (Å²) < 4.78 is 12.8. The molecule has 0 radical (unpaired) electrons. The van der Waals surface area contributed by atoms with Crippen LogP contribution in [0.4, 0.5) is 4.39 Å². The molecule has 3 nitrogen and oxygen atoms in total. The predicted octanol–water partition coefficient (Wildman–Crippen LogP) is 2.33. The van der Waals surface area contributed by atoms with Crippen LogP contribution in [-0.4, -0.2) is 16.4 Å². The first kappa shape index (κ1) is 15.6. The van der Waals surface area contributed by atoms with Crippen molar-refractivity contribution in [2.24, 2.45) is 5.73 Å². The lowest BCUT2D eigenvalue weighted by atomic mass is 9.92. The van der Waals surface area contributed by atoms with Crippen LogP contribution < -0.4 is 11.1 Å². The number of amides is 1. The third-order valence-corrected chi connectivity index (χ3v) is 3.73. The van der Waals surface area contributed by atoms with E-state index >= 15 is 0 Å². The van der Waals surface area contributed by atoms with Gasteiger partial charge in [-0.1, -0.05) is 38.2 Å². The van der Waals surface area contributed by atoms with E-state index in [9.17, 15) is 9.18 Å². The zero-order chi connectivity index (χ0) is 14.5. The molecule has 0 aliphatic carbocycles. The maximum atomic E-state index is 12.8. The second-order valence-electron chi connectivity index (χ2n) is 4.50. The maximum Gasteiger partial charge on any atom is 0.225 e. The number of carbonyl (C=O) groups excluding carboxylic acids is 1. The fourth-order valence-corrected chi connectivity index (χ4v) is 2.28. The molecule has 3 N–H and O–H groups in total. The highest BCUT2D eigenvalue weighted by Crippen LogP contribution is 2.16. The Labute approximate surface area is 118 Å². The van der Waals surface area contributed by atoms with Gasteiger partial charge in [0, 0.05) is 0 Å². The van der Waals surface area contributed by atoms with Gasteiger partial charge in [-0.15, -0.1) is 0 Å². The van der Waals surface area contributed by atoms with E-state index < -0.39 is 5.54 Å². The van der Waals surface area contributed by atoms with E-state index in [1.54, 1.807) is 12.1 Å². The summed E-state index contributed by atoms with van der Waals surface area (Å²) in [6.45, 7) is 3.86. The molecule has 1 aromatic rings. The zero-order valence-electron chi connectivity index (χ0n) is 11.2. The fraction of sp³-hybridized carbons (Fsp3) is 0.429. The summed E-state index contributed by atoms with van der Waals surface area (Å²) in [5.41, 5.74) is 5.84. The predicted molar refractivity (Wildman–Crippen MR) is 78.3 cm³/mol. The number of halogens is 1. The molecule has 0 heterocycles. The molecular weight excluding hydrogens is 263 g/mol. The maximum absolute atomic E-state index is 12.8. The van der Waals surface area contributed by atoms with Gasteiger partial charge in [0.25, 0.3) is 0 Å². The summed E-state index contributed by atoms with van der Waals surface area (Å²) >= 11 is 5.04. The highest BCUT2D eigenvalue weighted by Gasteiger charge is 2.31. The number of thiocarbonyl (C=S) groups is 1. The lowest BCUT2D eigenvalue weighted by Crippen LogP contribution is -2.56. The molecule has 0 aromatic heterocycles. The van der Waals surface area contributed by atoms with Gasteiger partial charge >= 0.3 is 0 Å². The van der Waals surface area contributed by atoms with Crippen LogP contribution in [0.1, 0.15) is 32.3 Å². The summed E-state index contributed by atoms with van der Waals surface area (Å²) in [4.78, 5) is 12.3. The van der Waals surface area contributed by atoms with Crippen molar-refractivity contribution in [1.82, 2.24) is 5.32 Å².